The van der Waals surface area contributed by atoms with Gasteiger partial charge in [-0.2, -0.15) is 0 Å². The summed E-state index contributed by atoms with van der Waals surface area (Å²) in [5.74, 6) is -0.800. The zero-order valence-corrected chi connectivity index (χ0v) is 19.1. The predicted molar refractivity (Wildman–Crippen MR) is 137 cm³/mol. The van der Waals surface area contributed by atoms with Gasteiger partial charge in [-0.3, -0.25) is 4.79 Å². The van der Waals surface area contributed by atoms with Crippen LogP contribution in [0.1, 0.15) is 21.5 Å². The van der Waals surface area contributed by atoms with Gasteiger partial charge in [0.15, 0.2) is 0 Å². The number of amides is 1. The van der Waals surface area contributed by atoms with E-state index in [2.05, 4.69) is 5.32 Å². The second-order valence-corrected chi connectivity index (χ2v) is 8.31. The number of ether oxygens (including phenoxy) is 1. The van der Waals surface area contributed by atoms with E-state index in [9.17, 15) is 9.59 Å². The number of aromatic nitrogens is 1. The summed E-state index contributed by atoms with van der Waals surface area (Å²) in [7, 11) is 0. The van der Waals surface area contributed by atoms with Gasteiger partial charge in [-0.1, -0.05) is 84.9 Å². The Balaban J connectivity index is 1.42. The number of rotatable bonds is 7. The van der Waals surface area contributed by atoms with Crippen LogP contribution in [-0.4, -0.2) is 22.9 Å². The maximum absolute atomic E-state index is 13.3. The molecule has 5 heteroatoms. The molecule has 1 heterocycles. The van der Waals surface area contributed by atoms with Crippen LogP contribution in [0.4, 0.5) is 0 Å². The van der Waals surface area contributed by atoms with Crippen LogP contribution in [0.3, 0.4) is 0 Å². The van der Waals surface area contributed by atoms with Gasteiger partial charge in [0.1, 0.15) is 12.6 Å². The third-order valence-corrected chi connectivity index (χ3v) is 5.97. The van der Waals surface area contributed by atoms with Crippen molar-refractivity contribution in [1.29, 1.82) is 0 Å². The van der Waals surface area contributed by atoms with Crippen LogP contribution in [-0.2, 0) is 22.6 Å². The van der Waals surface area contributed by atoms with Gasteiger partial charge in [-0.15, -0.1) is 0 Å². The first-order valence-electron chi connectivity index (χ1n) is 11.5. The number of carbonyl (C=O) groups is 2. The summed E-state index contributed by atoms with van der Waals surface area (Å²) in [6.45, 7) is 0.0783. The van der Waals surface area contributed by atoms with E-state index in [1.807, 2.05) is 84.9 Å². The fourth-order valence-electron chi connectivity index (χ4n) is 4.20. The number of fused-ring (bicyclic) bond motifs is 2. The molecule has 1 N–H and O–H groups in total. The summed E-state index contributed by atoms with van der Waals surface area (Å²) in [4.78, 5) is 30.9. The van der Waals surface area contributed by atoms with Gasteiger partial charge in [-0.05, 0) is 29.8 Å². The van der Waals surface area contributed by atoms with E-state index in [-0.39, 0.29) is 12.5 Å². The lowest BCUT2D eigenvalue weighted by Gasteiger charge is -2.19. The van der Waals surface area contributed by atoms with E-state index in [0.29, 0.717) is 12.0 Å². The van der Waals surface area contributed by atoms with Crippen molar-refractivity contribution < 1.29 is 14.3 Å². The average molecular weight is 461 g/mol. The van der Waals surface area contributed by atoms with Crippen LogP contribution in [0.5, 0.6) is 0 Å². The molecule has 0 fully saturated rings. The Bertz CT molecular complexity index is 1430. The third kappa shape index (κ3) is 5.04. The van der Waals surface area contributed by atoms with Crippen LogP contribution in [0.25, 0.3) is 21.8 Å². The van der Waals surface area contributed by atoms with E-state index in [1.54, 1.807) is 24.3 Å². The number of hydrogen-bond acceptors (Lipinski definition) is 4. The lowest BCUT2D eigenvalue weighted by molar-refractivity contribution is -0.147. The smallest absolute Gasteiger partial charge is 0.329 e. The summed E-state index contributed by atoms with van der Waals surface area (Å²) in [6, 6.07) is 33.3. The summed E-state index contributed by atoms with van der Waals surface area (Å²) in [5, 5.41) is 4.74. The van der Waals surface area contributed by atoms with Crippen molar-refractivity contribution in [2.75, 3.05) is 0 Å². The van der Waals surface area contributed by atoms with Gasteiger partial charge >= 0.3 is 5.97 Å². The number of pyridine rings is 1. The molecule has 1 aromatic heterocycles. The fraction of sp³-hybridized carbons (Fsp3) is 0.100. The zero-order chi connectivity index (χ0) is 24.0. The lowest BCUT2D eigenvalue weighted by atomic mass is 10.0. The van der Waals surface area contributed by atoms with Crippen molar-refractivity contribution in [3.63, 3.8) is 0 Å². The Morgan fingerprint density at radius 3 is 1.89 bits per heavy atom. The molecule has 0 bridgehead atoms. The van der Waals surface area contributed by atoms with Crippen molar-refractivity contribution in [3.05, 3.63) is 126 Å². The minimum absolute atomic E-state index is 0.0783. The second kappa shape index (κ2) is 10.2. The molecular weight excluding hydrogens is 436 g/mol. The monoisotopic (exact) mass is 460 g/mol. The summed E-state index contributed by atoms with van der Waals surface area (Å²) in [6.07, 6.45) is 0.329. The maximum Gasteiger partial charge on any atom is 0.329 e. The molecule has 0 saturated carbocycles. The molecule has 5 aromatic rings. The first kappa shape index (κ1) is 22.3. The normalized spacial score (nSPS) is 11.8. The van der Waals surface area contributed by atoms with Crippen molar-refractivity contribution >= 4 is 33.7 Å². The molecular formula is C30H24N2O3. The molecule has 5 nitrogen and oxygen atoms in total. The van der Waals surface area contributed by atoms with Crippen LogP contribution in [0.2, 0.25) is 0 Å². The fourth-order valence-corrected chi connectivity index (χ4v) is 4.20. The number of benzene rings is 4. The molecule has 0 unspecified atom stereocenters. The van der Waals surface area contributed by atoms with Crippen molar-refractivity contribution in [2.24, 2.45) is 0 Å². The summed E-state index contributed by atoms with van der Waals surface area (Å²) in [5.41, 5.74) is 4.01. The summed E-state index contributed by atoms with van der Waals surface area (Å²) >= 11 is 0. The number of carbonyl (C=O) groups excluding carboxylic acids is 2. The molecule has 172 valence electrons. The first-order valence-corrected chi connectivity index (χ1v) is 11.5. The largest absolute Gasteiger partial charge is 0.459 e. The van der Waals surface area contributed by atoms with Gasteiger partial charge in [0.25, 0.3) is 5.91 Å². The molecule has 5 rings (SSSR count). The first-order chi connectivity index (χ1) is 17.2. The standard InChI is InChI=1S/C30H24N2O3/c33-29(22-13-5-2-6-14-22)32-28(19-21-11-3-1-4-12-21)30(34)35-20-25-23-15-7-9-17-26(23)31-27-18-10-8-16-24(25)27/h1-18,28H,19-20H2,(H,32,33)/t28-/m0/s1. The van der Waals surface area contributed by atoms with E-state index < -0.39 is 12.0 Å². The number of nitrogens with zero attached hydrogens (tertiary/aromatic N) is 1. The molecule has 1 amide bonds. The van der Waals surface area contributed by atoms with E-state index in [4.69, 9.17) is 9.72 Å². The Morgan fingerprint density at radius 1 is 0.714 bits per heavy atom. The third-order valence-electron chi connectivity index (χ3n) is 5.97. The Hall–Kier alpha value is -4.51. The molecule has 0 saturated heterocycles. The number of hydrogen-bond donors (Lipinski definition) is 1. The molecule has 35 heavy (non-hydrogen) atoms. The van der Waals surface area contributed by atoms with Crippen LogP contribution < -0.4 is 5.32 Å². The van der Waals surface area contributed by atoms with Gasteiger partial charge in [0.2, 0.25) is 0 Å². The highest BCUT2D eigenvalue weighted by atomic mass is 16.5. The number of esters is 1. The average Bonchev–Trinajstić information content (AvgIpc) is 2.91. The minimum Gasteiger partial charge on any atom is -0.459 e. The highest BCUT2D eigenvalue weighted by molar-refractivity contribution is 5.98. The van der Waals surface area contributed by atoms with Gasteiger partial charge in [0, 0.05) is 28.3 Å². The van der Waals surface area contributed by atoms with Crippen molar-refractivity contribution in [3.8, 4) is 0 Å². The zero-order valence-electron chi connectivity index (χ0n) is 19.1. The van der Waals surface area contributed by atoms with E-state index in [0.717, 1.165) is 32.9 Å². The summed E-state index contributed by atoms with van der Waals surface area (Å²) < 4.78 is 5.83. The molecule has 1 atom stereocenters. The molecule has 0 radical (unpaired) electrons. The van der Waals surface area contributed by atoms with Gasteiger partial charge in [-0.25, -0.2) is 9.78 Å². The van der Waals surface area contributed by atoms with Crippen molar-refractivity contribution in [2.45, 2.75) is 19.1 Å². The van der Waals surface area contributed by atoms with Crippen molar-refractivity contribution in [1.82, 2.24) is 10.3 Å². The molecule has 0 aliphatic rings. The Morgan fingerprint density at radius 2 is 1.26 bits per heavy atom. The Labute approximate surface area is 203 Å². The molecule has 0 aliphatic heterocycles. The number of para-hydroxylation sites is 2. The molecule has 4 aromatic carbocycles. The topological polar surface area (TPSA) is 68.3 Å². The van der Waals surface area contributed by atoms with Gasteiger partial charge < -0.3 is 10.1 Å². The molecule has 0 spiro atoms. The highest BCUT2D eigenvalue weighted by Crippen LogP contribution is 2.26. The quantitative estimate of drug-likeness (QED) is 0.258. The van der Waals surface area contributed by atoms with Gasteiger partial charge in [0.05, 0.1) is 11.0 Å². The second-order valence-electron chi connectivity index (χ2n) is 8.31. The van der Waals surface area contributed by atoms with E-state index in [1.165, 1.54) is 0 Å². The maximum atomic E-state index is 13.3. The lowest BCUT2D eigenvalue weighted by Crippen LogP contribution is -2.43. The SMILES string of the molecule is O=C(N[C@@H](Cc1ccccc1)C(=O)OCc1c2ccccc2nc2ccccc12)c1ccccc1. The van der Waals surface area contributed by atoms with E-state index >= 15 is 0 Å². The van der Waals surface area contributed by atoms with Crippen LogP contribution in [0, 0.1) is 0 Å². The highest BCUT2D eigenvalue weighted by Gasteiger charge is 2.24. The number of nitrogens with one attached hydrogen (secondary N) is 1. The minimum atomic E-state index is -0.829. The molecule has 0 aliphatic carbocycles. The Kier molecular flexibility index (Phi) is 6.48. The van der Waals surface area contributed by atoms with Crippen LogP contribution >= 0.6 is 0 Å². The van der Waals surface area contributed by atoms with Crippen LogP contribution in [0.15, 0.2) is 109 Å². The predicted octanol–water partition coefficient (Wildman–Crippen LogP) is 5.47.